The fourth-order valence-electron chi connectivity index (χ4n) is 3.26. The molecule has 1 aromatic rings. The quantitative estimate of drug-likeness (QED) is 0.596. The first-order chi connectivity index (χ1) is 11.5. The van der Waals surface area contributed by atoms with Crippen LogP contribution < -0.4 is 10.6 Å². The van der Waals surface area contributed by atoms with E-state index in [9.17, 15) is 0 Å². The van der Waals surface area contributed by atoms with Gasteiger partial charge in [0.15, 0.2) is 5.96 Å². The van der Waals surface area contributed by atoms with Gasteiger partial charge in [-0.2, -0.15) is 0 Å². The zero-order valence-electron chi connectivity index (χ0n) is 15.8. The van der Waals surface area contributed by atoms with E-state index in [0.29, 0.717) is 5.92 Å². The first-order valence-electron chi connectivity index (χ1n) is 9.23. The van der Waals surface area contributed by atoms with Crippen molar-refractivity contribution in [3.8, 4) is 0 Å². The standard InChI is InChI=1S/C20H34N4/c1-17(15-24-12-8-9-13-24)14-22-19(21-4)23-16-20(2,3)18-10-6-5-7-11-18/h5-7,10-11,17H,8-9,12-16H2,1-4H3,(H2,21,22,23). The summed E-state index contributed by atoms with van der Waals surface area (Å²) >= 11 is 0. The lowest BCUT2D eigenvalue weighted by atomic mass is 9.85. The van der Waals surface area contributed by atoms with Gasteiger partial charge in [0.2, 0.25) is 0 Å². The van der Waals surface area contributed by atoms with E-state index >= 15 is 0 Å². The Morgan fingerprint density at radius 3 is 2.46 bits per heavy atom. The topological polar surface area (TPSA) is 39.7 Å². The Morgan fingerprint density at radius 1 is 1.17 bits per heavy atom. The molecule has 134 valence electrons. The van der Waals surface area contributed by atoms with Gasteiger partial charge in [-0.05, 0) is 37.4 Å². The maximum absolute atomic E-state index is 4.37. The van der Waals surface area contributed by atoms with E-state index in [1.165, 1.54) is 38.0 Å². The number of rotatable bonds is 7. The normalized spacial score (nSPS) is 17.8. The highest BCUT2D eigenvalue weighted by Crippen LogP contribution is 2.21. The van der Waals surface area contributed by atoms with Gasteiger partial charge in [-0.1, -0.05) is 51.1 Å². The van der Waals surface area contributed by atoms with E-state index in [1.807, 2.05) is 7.05 Å². The average Bonchev–Trinajstić information content (AvgIpc) is 3.08. The molecular formula is C20H34N4. The molecule has 1 heterocycles. The van der Waals surface area contributed by atoms with Crippen LogP contribution in [-0.4, -0.2) is 50.6 Å². The Labute approximate surface area is 147 Å². The van der Waals surface area contributed by atoms with Crippen molar-refractivity contribution >= 4 is 5.96 Å². The van der Waals surface area contributed by atoms with Crippen LogP contribution in [-0.2, 0) is 5.41 Å². The number of hydrogen-bond acceptors (Lipinski definition) is 2. The number of nitrogens with zero attached hydrogens (tertiary/aromatic N) is 2. The van der Waals surface area contributed by atoms with Gasteiger partial charge in [-0.3, -0.25) is 4.99 Å². The first-order valence-corrected chi connectivity index (χ1v) is 9.23. The second-order valence-electron chi connectivity index (χ2n) is 7.67. The SMILES string of the molecule is CN=C(NCC(C)CN1CCCC1)NCC(C)(C)c1ccccc1. The fourth-order valence-corrected chi connectivity index (χ4v) is 3.26. The van der Waals surface area contributed by atoms with Crippen molar-refractivity contribution in [2.24, 2.45) is 10.9 Å². The highest BCUT2D eigenvalue weighted by Gasteiger charge is 2.21. The van der Waals surface area contributed by atoms with Crippen molar-refractivity contribution in [2.45, 2.75) is 39.0 Å². The molecule has 4 nitrogen and oxygen atoms in total. The van der Waals surface area contributed by atoms with Crippen molar-refractivity contribution in [2.75, 3.05) is 39.8 Å². The van der Waals surface area contributed by atoms with Crippen molar-refractivity contribution < 1.29 is 0 Å². The third-order valence-corrected chi connectivity index (χ3v) is 4.86. The molecule has 1 atom stereocenters. The zero-order chi connectivity index (χ0) is 17.4. The lowest BCUT2D eigenvalue weighted by molar-refractivity contribution is 0.287. The predicted octanol–water partition coefficient (Wildman–Crippen LogP) is 2.86. The molecule has 2 rings (SSSR count). The molecule has 2 N–H and O–H groups in total. The van der Waals surface area contributed by atoms with Gasteiger partial charge < -0.3 is 15.5 Å². The molecule has 1 unspecified atom stereocenters. The van der Waals surface area contributed by atoms with Crippen LogP contribution in [0.2, 0.25) is 0 Å². The van der Waals surface area contributed by atoms with Crippen LogP contribution in [0.5, 0.6) is 0 Å². The second kappa shape index (κ2) is 9.07. The molecule has 4 heteroatoms. The minimum Gasteiger partial charge on any atom is -0.356 e. The van der Waals surface area contributed by atoms with Crippen LogP contribution >= 0.6 is 0 Å². The van der Waals surface area contributed by atoms with Crippen molar-refractivity contribution in [1.82, 2.24) is 15.5 Å². The summed E-state index contributed by atoms with van der Waals surface area (Å²) in [6.07, 6.45) is 2.72. The van der Waals surface area contributed by atoms with Crippen LogP contribution in [0.15, 0.2) is 35.3 Å². The number of likely N-dealkylation sites (tertiary alicyclic amines) is 1. The summed E-state index contributed by atoms with van der Waals surface area (Å²) in [7, 11) is 1.84. The minimum absolute atomic E-state index is 0.0695. The molecule has 0 radical (unpaired) electrons. The monoisotopic (exact) mass is 330 g/mol. The molecule has 0 bridgehead atoms. The number of guanidine groups is 1. The molecule has 0 saturated carbocycles. The molecule has 0 amide bonds. The van der Waals surface area contributed by atoms with E-state index in [1.54, 1.807) is 0 Å². The van der Waals surface area contributed by atoms with Gasteiger partial charge in [0, 0.05) is 32.1 Å². The summed E-state index contributed by atoms with van der Waals surface area (Å²) in [6, 6.07) is 10.6. The maximum Gasteiger partial charge on any atom is 0.191 e. The summed E-state index contributed by atoms with van der Waals surface area (Å²) in [4.78, 5) is 6.94. The van der Waals surface area contributed by atoms with E-state index in [2.05, 4.69) is 71.6 Å². The van der Waals surface area contributed by atoms with Gasteiger partial charge >= 0.3 is 0 Å². The summed E-state index contributed by atoms with van der Waals surface area (Å²) < 4.78 is 0. The molecular weight excluding hydrogens is 296 g/mol. The highest BCUT2D eigenvalue weighted by molar-refractivity contribution is 5.79. The van der Waals surface area contributed by atoms with Gasteiger partial charge in [-0.25, -0.2) is 0 Å². The van der Waals surface area contributed by atoms with Crippen LogP contribution in [0, 0.1) is 5.92 Å². The minimum atomic E-state index is 0.0695. The van der Waals surface area contributed by atoms with Gasteiger partial charge in [-0.15, -0.1) is 0 Å². The third kappa shape index (κ3) is 5.82. The average molecular weight is 331 g/mol. The third-order valence-electron chi connectivity index (χ3n) is 4.86. The Hall–Kier alpha value is -1.55. The number of aliphatic imine (C=N–C) groups is 1. The molecule has 0 aromatic heterocycles. The largest absolute Gasteiger partial charge is 0.356 e. The molecule has 1 aliphatic heterocycles. The van der Waals surface area contributed by atoms with Crippen LogP contribution in [0.4, 0.5) is 0 Å². The molecule has 1 aliphatic rings. The van der Waals surface area contributed by atoms with E-state index in [-0.39, 0.29) is 5.41 Å². The highest BCUT2D eigenvalue weighted by atomic mass is 15.2. The van der Waals surface area contributed by atoms with Crippen LogP contribution in [0.25, 0.3) is 0 Å². The zero-order valence-corrected chi connectivity index (χ0v) is 15.8. The van der Waals surface area contributed by atoms with Crippen molar-refractivity contribution in [3.63, 3.8) is 0 Å². The van der Waals surface area contributed by atoms with Gasteiger partial charge in [0.1, 0.15) is 0 Å². The molecule has 1 fully saturated rings. The fraction of sp³-hybridized carbons (Fsp3) is 0.650. The smallest absolute Gasteiger partial charge is 0.191 e. The molecule has 24 heavy (non-hydrogen) atoms. The molecule has 0 spiro atoms. The van der Waals surface area contributed by atoms with E-state index < -0.39 is 0 Å². The second-order valence-corrected chi connectivity index (χ2v) is 7.67. The Morgan fingerprint density at radius 2 is 1.83 bits per heavy atom. The van der Waals surface area contributed by atoms with Crippen LogP contribution in [0.3, 0.4) is 0 Å². The summed E-state index contributed by atoms with van der Waals surface area (Å²) in [5, 5.41) is 6.96. The lowest BCUT2D eigenvalue weighted by Crippen LogP contribution is -2.45. The Bertz CT molecular complexity index is 504. The Balaban J connectivity index is 1.75. The number of hydrogen-bond donors (Lipinski definition) is 2. The van der Waals surface area contributed by atoms with Crippen LogP contribution in [0.1, 0.15) is 39.2 Å². The molecule has 1 aromatic carbocycles. The van der Waals surface area contributed by atoms with Crippen molar-refractivity contribution in [1.29, 1.82) is 0 Å². The van der Waals surface area contributed by atoms with Gasteiger partial charge in [0.25, 0.3) is 0 Å². The maximum atomic E-state index is 4.37. The number of benzene rings is 1. The van der Waals surface area contributed by atoms with E-state index in [4.69, 9.17) is 0 Å². The Kier molecular flexibility index (Phi) is 7.10. The summed E-state index contributed by atoms with van der Waals surface area (Å²) in [5.74, 6) is 1.52. The summed E-state index contributed by atoms with van der Waals surface area (Å²) in [5.41, 5.74) is 1.41. The number of nitrogens with one attached hydrogen (secondary N) is 2. The predicted molar refractivity (Wildman–Crippen MR) is 104 cm³/mol. The molecule has 1 saturated heterocycles. The molecule has 0 aliphatic carbocycles. The lowest BCUT2D eigenvalue weighted by Gasteiger charge is -2.27. The summed E-state index contributed by atoms with van der Waals surface area (Å²) in [6.45, 7) is 12.4. The first kappa shape index (κ1) is 18.8. The van der Waals surface area contributed by atoms with Gasteiger partial charge in [0.05, 0.1) is 0 Å². The van der Waals surface area contributed by atoms with E-state index in [0.717, 1.165) is 19.0 Å². The van der Waals surface area contributed by atoms with Crippen molar-refractivity contribution in [3.05, 3.63) is 35.9 Å².